The van der Waals surface area contributed by atoms with Crippen molar-refractivity contribution in [2.24, 2.45) is 0 Å². The number of hydrogen-bond donors (Lipinski definition) is 2. The van der Waals surface area contributed by atoms with Crippen molar-refractivity contribution >= 4 is 11.8 Å². The summed E-state index contributed by atoms with van der Waals surface area (Å²) >= 11 is 0. The number of rotatable bonds is 4. The predicted octanol–water partition coefficient (Wildman–Crippen LogP) is -0.705. The zero-order chi connectivity index (χ0) is 9.68. The summed E-state index contributed by atoms with van der Waals surface area (Å²) in [4.78, 5) is 21.7. The van der Waals surface area contributed by atoms with E-state index in [4.69, 9.17) is 5.26 Å². The molecule has 0 unspecified atom stereocenters. The molecule has 1 aliphatic carbocycles. The lowest BCUT2D eigenvalue weighted by Gasteiger charge is -2.03. The summed E-state index contributed by atoms with van der Waals surface area (Å²) in [5.41, 5.74) is 0. The molecule has 0 saturated heterocycles. The number of carbonyl (C=O) groups is 2. The number of carbonyl (C=O) groups excluding carboxylic acids is 2. The van der Waals surface area contributed by atoms with E-state index in [1.54, 1.807) is 6.07 Å². The first-order chi connectivity index (χ1) is 6.22. The van der Waals surface area contributed by atoms with E-state index in [0.717, 1.165) is 12.8 Å². The molecule has 1 fully saturated rings. The predicted molar refractivity (Wildman–Crippen MR) is 44.4 cm³/mol. The van der Waals surface area contributed by atoms with Crippen LogP contribution in [0.1, 0.15) is 19.3 Å². The largest absolute Gasteiger partial charge is 0.352 e. The van der Waals surface area contributed by atoms with Crippen molar-refractivity contribution in [2.45, 2.75) is 25.3 Å². The maximum absolute atomic E-state index is 11.0. The van der Waals surface area contributed by atoms with E-state index in [1.807, 2.05) is 0 Å². The molecule has 0 radical (unpaired) electrons. The second-order valence-electron chi connectivity index (χ2n) is 2.95. The summed E-state index contributed by atoms with van der Waals surface area (Å²) in [6, 6.07) is 2.01. The number of hydrogen-bond acceptors (Lipinski definition) is 3. The molecule has 1 aliphatic rings. The highest BCUT2D eigenvalue weighted by molar-refractivity contribution is 5.85. The molecule has 1 rings (SSSR count). The second kappa shape index (κ2) is 4.45. The van der Waals surface area contributed by atoms with Gasteiger partial charge >= 0.3 is 0 Å². The van der Waals surface area contributed by atoms with Crippen LogP contribution in [0.2, 0.25) is 0 Å². The first-order valence-electron chi connectivity index (χ1n) is 4.15. The Balaban J connectivity index is 2.07. The first-order valence-corrected chi connectivity index (χ1v) is 4.15. The third-order valence-electron chi connectivity index (χ3n) is 1.63. The van der Waals surface area contributed by atoms with Gasteiger partial charge in [0, 0.05) is 6.04 Å². The third kappa shape index (κ3) is 4.11. The van der Waals surface area contributed by atoms with E-state index in [9.17, 15) is 9.59 Å². The van der Waals surface area contributed by atoms with Crippen molar-refractivity contribution < 1.29 is 9.59 Å². The minimum atomic E-state index is -0.409. The summed E-state index contributed by atoms with van der Waals surface area (Å²) in [7, 11) is 0. The van der Waals surface area contributed by atoms with Crippen LogP contribution in [-0.2, 0) is 9.59 Å². The van der Waals surface area contributed by atoms with Gasteiger partial charge in [-0.15, -0.1) is 0 Å². The van der Waals surface area contributed by atoms with Crippen molar-refractivity contribution in [2.75, 3.05) is 6.54 Å². The van der Waals surface area contributed by atoms with E-state index in [2.05, 4.69) is 10.6 Å². The fourth-order valence-electron chi connectivity index (χ4n) is 0.820. The molecule has 0 aliphatic heterocycles. The van der Waals surface area contributed by atoms with Crippen LogP contribution in [0.3, 0.4) is 0 Å². The van der Waals surface area contributed by atoms with Crippen LogP contribution >= 0.6 is 0 Å². The fourth-order valence-corrected chi connectivity index (χ4v) is 0.820. The van der Waals surface area contributed by atoms with Gasteiger partial charge < -0.3 is 10.6 Å². The molecule has 2 amide bonds. The number of nitrogens with zero attached hydrogens (tertiary/aromatic N) is 1. The summed E-state index contributed by atoms with van der Waals surface area (Å²) < 4.78 is 0. The smallest absolute Gasteiger partial charge is 0.239 e. The van der Waals surface area contributed by atoms with E-state index in [1.165, 1.54) is 0 Å². The molecule has 0 atom stereocenters. The monoisotopic (exact) mass is 181 g/mol. The van der Waals surface area contributed by atoms with Gasteiger partial charge in [0.25, 0.3) is 0 Å². The Kier molecular flexibility index (Phi) is 3.26. The third-order valence-corrected chi connectivity index (χ3v) is 1.63. The highest BCUT2D eigenvalue weighted by Crippen LogP contribution is 2.17. The molecular weight excluding hydrogens is 170 g/mol. The maximum atomic E-state index is 11.0. The Morgan fingerprint density at radius 2 is 2.08 bits per heavy atom. The van der Waals surface area contributed by atoms with Crippen LogP contribution in [0.25, 0.3) is 0 Å². The molecular formula is C8H11N3O2. The lowest BCUT2D eigenvalue weighted by Crippen LogP contribution is -2.37. The van der Waals surface area contributed by atoms with Crippen LogP contribution in [0.15, 0.2) is 0 Å². The molecule has 0 spiro atoms. The molecule has 13 heavy (non-hydrogen) atoms. The van der Waals surface area contributed by atoms with Gasteiger partial charge in [0.1, 0.15) is 6.42 Å². The second-order valence-corrected chi connectivity index (χ2v) is 2.95. The highest BCUT2D eigenvalue weighted by atomic mass is 16.2. The molecule has 0 heterocycles. The quantitative estimate of drug-likeness (QED) is 0.601. The summed E-state index contributed by atoms with van der Waals surface area (Å²) in [5.74, 6) is -0.595. The van der Waals surface area contributed by atoms with E-state index < -0.39 is 5.91 Å². The van der Waals surface area contributed by atoms with Crippen molar-refractivity contribution in [3.05, 3.63) is 0 Å². The Morgan fingerprint density at radius 1 is 1.38 bits per heavy atom. The van der Waals surface area contributed by atoms with E-state index in [0.29, 0.717) is 6.04 Å². The van der Waals surface area contributed by atoms with Gasteiger partial charge in [0.05, 0.1) is 12.6 Å². The molecule has 0 aromatic heterocycles. The van der Waals surface area contributed by atoms with Crippen molar-refractivity contribution in [1.29, 1.82) is 5.26 Å². The van der Waals surface area contributed by atoms with Gasteiger partial charge in [0.15, 0.2) is 0 Å². The van der Waals surface area contributed by atoms with Crippen LogP contribution in [0.5, 0.6) is 0 Å². The van der Waals surface area contributed by atoms with Crippen LogP contribution in [0.4, 0.5) is 0 Å². The maximum Gasteiger partial charge on any atom is 0.239 e. The average Bonchev–Trinajstić information content (AvgIpc) is 2.85. The van der Waals surface area contributed by atoms with Crippen molar-refractivity contribution in [3.63, 3.8) is 0 Å². The minimum absolute atomic E-state index is 0.0307. The summed E-state index contributed by atoms with van der Waals surface area (Å²) in [6.07, 6.45) is 1.85. The zero-order valence-corrected chi connectivity index (χ0v) is 7.17. The van der Waals surface area contributed by atoms with Gasteiger partial charge in [-0.05, 0) is 12.8 Å². The molecule has 0 aromatic carbocycles. The molecule has 2 N–H and O–H groups in total. The average molecular weight is 181 g/mol. The van der Waals surface area contributed by atoms with Gasteiger partial charge in [0.2, 0.25) is 11.8 Å². The number of nitriles is 1. The van der Waals surface area contributed by atoms with Crippen LogP contribution in [0, 0.1) is 11.3 Å². The standard InChI is InChI=1S/C8H11N3O2/c9-4-3-7(12)10-5-8(13)11-6-1-2-6/h6H,1-3,5H2,(H,10,12)(H,11,13). The van der Waals surface area contributed by atoms with Crippen molar-refractivity contribution in [1.82, 2.24) is 10.6 Å². The fraction of sp³-hybridized carbons (Fsp3) is 0.625. The number of nitrogens with one attached hydrogen (secondary N) is 2. The molecule has 0 aromatic rings. The molecule has 0 bridgehead atoms. The van der Waals surface area contributed by atoms with Crippen LogP contribution in [-0.4, -0.2) is 24.4 Å². The Hall–Kier alpha value is -1.57. The Labute approximate surface area is 76.1 Å². The summed E-state index contributed by atoms with van der Waals surface area (Å²) in [6.45, 7) is -0.0307. The minimum Gasteiger partial charge on any atom is -0.352 e. The first kappa shape index (κ1) is 9.52. The van der Waals surface area contributed by atoms with Crippen molar-refractivity contribution in [3.8, 4) is 6.07 Å². The lowest BCUT2D eigenvalue weighted by atomic mass is 10.4. The van der Waals surface area contributed by atoms with E-state index >= 15 is 0 Å². The number of amides is 2. The Morgan fingerprint density at radius 3 is 2.62 bits per heavy atom. The molecule has 5 heteroatoms. The molecule has 5 nitrogen and oxygen atoms in total. The van der Waals surface area contributed by atoms with Gasteiger partial charge in [-0.2, -0.15) is 5.26 Å². The SMILES string of the molecule is N#CCC(=O)NCC(=O)NC1CC1. The zero-order valence-electron chi connectivity index (χ0n) is 7.17. The topological polar surface area (TPSA) is 82.0 Å². The van der Waals surface area contributed by atoms with Gasteiger partial charge in [-0.1, -0.05) is 0 Å². The van der Waals surface area contributed by atoms with Gasteiger partial charge in [-0.3, -0.25) is 9.59 Å². The normalized spacial score (nSPS) is 14.4. The molecule has 70 valence electrons. The lowest BCUT2D eigenvalue weighted by molar-refractivity contribution is -0.125. The Bertz CT molecular complexity index is 253. The van der Waals surface area contributed by atoms with E-state index in [-0.39, 0.29) is 18.9 Å². The van der Waals surface area contributed by atoms with Gasteiger partial charge in [-0.25, -0.2) is 0 Å². The summed E-state index contributed by atoms with van der Waals surface area (Å²) in [5, 5.41) is 13.2. The highest BCUT2D eigenvalue weighted by Gasteiger charge is 2.22. The van der Waals surface area contributed by atoms with Crippen LogP contribution < -0.4 is 10.6 Å². The molecule has 1 saturated carbocycles.